The topological polar surface area (TPSA) is 43.1 Å². The first kappa shape index (κ1) is 12.1. The number of hydrogen-bond donors (Lipinski definition) is 1. The second-order valence-corrected chi connectivity index (χ2v) is 5.46. The predicted molar refractivity (Wildman–Crippen MR) is 55.5 cm³/mol. The van der Waals surface area contributed by atoms with Crippen molar-refractivity contribution in [2.75, 3.05) is 18.1 Å². The highest BCUT2D eigenvalue weighted by atomic mass is 32.2. The zero-order valence-corrected chi connectivity index (χ0v) is 9.19. The maximum absolute atomic E-state index is 11.4. The van der Waals surface area contributed by atoms with E-state index in [1.807, 2.05) is 6.92 Å². The largest absolute Gasteiger partial charge is 0.330 e. The molecule has 0 radical (unpaired) electrons. The van der Waals surface area contributed by atoms with Crippen LogP contribution in [0.2, 0.25) is 0 Å². The molecule has 0 aliphatic heterocycles. The molecule has 0 saturated carbocycles. The Labute approximate surface area is 78.4 Å². The van der Waals surface area contributed by atoms with E-state index in [0.717, 1.165) is 17.9 Å². The highest BCUT2D eigenvalue weighted by molar-refractivity contribution is 7.84. The Morgan fingerprint density at radius 2 is 1.92 bits per heavy atom. The van der Waals surface area contributed by atoms with Crippen LogP contribution in [0.25, 0.3) is 0 Å². The summed E-state index contributed by atoms with van der Waals surface area (Å²) < 4.78 is 11.4. The molecule has 12 heavy (non-hydrogen) atoms. The van der Waals surface area contributed by atoms with Crippen molar-refractivity contribution in [3.63, 3.8) is 0 Å². The summed E-state index contributed by atoms with van der Waals surface area (Å²) in [6.45, 7) is 7.01. The van der Waals surface area contributed by atoms with E-state index in [1.54, 1.807) is 0 Å². The fourth-order valence-corrected chi connectivity index (χ4v) is 2.51. The van der Waals surface area contributed by atoms with Gasteiger partial charge in [-0.2, -0.15) is 0 Å². The summed E-state index contributed by atoms with van der Waals surface area (Å²) >= 11 is 0. The molecule has 0 amide bonds. The zero-order valence-electron chi connectivity index (χ0n) is 8.38. The Balaban J connectivity index is 3.46. The number of nitrogens with two attached hydrogens (primary N) is 1. The summed E-state index contributed by atoms with van der Waals surface area (Å²) in [6, 6.07) is 0. The molecule has 0 heterocycles. The van der Waals surface area contributed by atoms with Crippen molar-refractivity contribution >= 4 is 10.8 Å². The summed E-state index contributed by atoms with van der Waals surface area (Å²) in [4.78, 5) is 0. The predicted octanol–water partition coefficient (Wildman–Crippen LogP) is 1.38. The molecule has 2 unspecified atom stereocenters. The van der Waals surface area contributed by atoms with E-state index in [-0.39, 0.29) is 0 Å². The maximum Gasteiger partial charge on any atom is 0.0272 e. The molecule has 0 aliphatic carbocycles. The van der Waals surface area contributed by atoms with Crippen LogP contribution in [0.1, 0.15) is 27.2 Å². The second-order valence-electron chi connectivity index (χ2n) is 3.83. The van der Waals surface area contributed by atoms with Crippen molar-refractivity contribution in [2.24, 2.45) is 17.6 Å². The van der Waals surface area contributed by atoms with Crippen LogP contribution in [-0.4, -0.2) is 22.3 Å². The standard InChI is InChI=1S/C9H21NOS/c1-8(2)4-5-12(11)7-9(3)6-10/h8-9H,4-7,10H2,1-3H3. The van der Waals surface area contributed by atoms with Crippen molar-refractivity contribution in [1.82, 2.24) is 0 Å². The van der Waals surface area contributed by atoms with Crippen LogP contribution >= 0.6 is 0 Å². The minimum absolute atomic E-state index is 0.401. The third-order valence-corrected chi connectivity index (χ3v) is 3.43. The van der Waals surface area contributed by atoms with Crippen molar-refractivity contribution < 1.29 is 4.21 Å². The highest BCUT2D eigenvalue weighted by Gasteiger charge is 2.06. The maximum atomic E-state index is 11.4. The molecular formula is C9H21NOS. The quantitative estimate of drug-likeness (QED) is 0.689. The van der Waals surface area contributed by atoms with Crippen LogP contribution < -0.4 is 5.73 Å². The van der Waals surface area contributed by atoms with Gasteiger partial charge in [-0.25, -0.2) is 0 Å². The van der Waals surface area contributed by atoms with Crippen LogP contribution in [0.3, 0.4) is 0 Å². The van der Waals surface area contributed by atoms with Gasteiger partial charge in [-0.3, -0.25) is 4.21 Å². The molecular weight excluding hydrogens is 170 g/mol. The van der Waals surface area contributed by atoms with E-state index in [2.05, 4.69) is 13.8 Å². The molecule has 0 rings (SSSR count). The Bertz CT molecular complexity index is 136. The van der Waals surface area contributed by atoms with E-state index in [1.165, 1.54) is 0 Å². The van der Waals surface area contributed by atoms with Gasteiger partial charge in [-0.05, 0) is 24.8 Å². The number of hydrogen-bond acceptors (Lipinski definition) is 2. The third-order valence-electron chi connectivity index (χ3n) is 1.80. The smallest absolute Gasteiger partial charge is 0.0272 e. The molecule has 0 spiro atoms. The van der Waals surface area contributed by atoms with E-state index in [9.17, 15) is 4.21 Å². The van der Waals surface area contributed by atoms with E-state index in [4.69, 9.17) is 5.73 Å². The summed E-state index contributed by atoms with van der Waals surface area (Å²) in [5.74, 6) is 2.66. The molecule has 3 heteroatoms. The lowest BCUT2D eigenvalue weighted by molar-refractivity contribution is 0.609. The first-order valence-electron chi connectivity index (χ1n) is 4.61. The normalized spacial score (nSPS) is 16.4. The molecule has 0 aromatic carbocycles. The monoisotopic (exact) mass is 191 g/mol. The van der Waals surface area contributed by atoms with Gasteiger partial charge in [0.25, 0.3) is 0 Å². The Morgan fingerprint density at radius 3 is 2.33 bits per heavy atom. The van der Waals surface area contributed by atoms with Crippen LogP contribution in [0.4, 0.5) is 0 Å². The minimum atomic E-state index is -0.651. The van der Waals surface area contributed by atoms with Gasteiger partial charge in [0.05, 0.1) is 0 Å². The molecule has 2 N–H and O–H groups in total. The Kier molecular flexibility index (Phi) is 6.67. The SMILES string of the molecule is CC(C)CCS(=O)CC(C)CN. The van der Waals surface area contributed by atoms with Crippen molar-refractivity contribution in [2.45, 2.75) is 27.2 Å². The Morgan fingerprint density at radius 1 is 1.33 bits per heavy atom. The summed E-state index contributed by atoms with van der Waals surface area (Å²) in [7, 11) is -0.651. The van der Waals surface area contributed by atoms with Gasteiger partial charge in [-0.15, -0.1) is 0 Å². The fourth-order valence-electron chi connectivity index (χ4n) is 0.836. The van der Waals surface area contributed by atoms with Gasteiger partial charge in [0, 0.05) is 22.3 Å². The van der Waals surface area contributed by atoms with Crippen molar-refractivity contribution in [3.05, 3.63) is 0 Å². The van der Waals surface area contributed by atoms with Gasteiger partial charge in [0.15, 0.2) is 0 Å². The lowest BCUT2D eigenvalue weighted by Crippen LogP contribution is -2.19. The van der Waals surface area contributed by atoms with E-state index in [0.29, 0.717) is 18.4 Å². The molecule has 74 valence electrons. The first-order chi connectivity index (χ1) is 5.56. The van der Waals surface area contributed by atoms with Gasteiger partial charge >= 0.3 is 0 Å². The molecule has 0 aromatic heterocycles. The molecule has 0 aromatic rings. The van der Waals surface area contributed by atoms with Gasteiger partial charge < -0.3 is 5.73 Å². The van der Waals surface area contributed by atoms with Crippen molar-refractivity contribution in [3.8, 4) is 0 Å². The van der Waals surface area contributed by atoms with Gasteiger partial charge in [-0.1, -0.05) is 20.8 Å². The second kappa shape index (κ2) is 6.61. The summed E-state index contributed by atoms with van der Waals surface area (Å²) in [5.41, 5.74) is 5.44. The zero-order chi connectivity index (χ0) is 9.56. The van der Waals surface area contributed by atoms with Gasteiger partial charge in [0.1, 0.15) is 0 Å². The fraction of sp³-hybridized carbons (Fsp3) is 1.00. The molecule has 0 aliphatic rings. The molecule has 2 nitrogen and oxygen atoms in total. The minimum Gasteiger partial charge on any atom is -0.330 e. The molecule has 0 saturated heterocycles. The first-order valence-corrected chi connectivity index (χ1v) is 6.10. The van der Waals surface area contributed by atoms with Crippen LogP contribution in [0.5, 0.6) is 0 Å². The van der Waals surface area contributed by atoms with E-state index >= 15 is 0 Å². The Hall–Kier alpha value is 0.110. The lowest BCUT2D eigenvalue weighted by atomic mass is 10.2. The van der Waals surface area contributed by atoms with Crippen LogP contribution in [0.15, 0.2) is 0 Å². The average molecular weight is 191 g/mol. The van der Waals surface area contributed by atoms with Crippen LogP contribution in [0, 0.1) is 11.8 Å². The molecule has 0 bridgehead atoms. The van der Waals surface area contributed by atoms with E-state index < -0.39 is 10.8 Å². The number of rotatable bonds is 6. The van der Waals surface area contributed by atoms with Crippen molar-refractivity contribution in [1.29, 1.82) is 0 Å². The van der Waals surface area contributed by atoms with Gasteiger partial charge in [0.2, 0.25) is 0 Å². The summed E-state index contributed by atoms with van der Waals surface area (Å²) in [5, 5.41) is 0. The molecule has 2 atom stereocenters. The third kappa shape index (κ3) is 6.80. The lowest BCUT2D eigenvalue weighted by Gasteiger charge is -2.08. The molecule has 0 fully saturated rings. The summed E-state index contributed by atoms with van der Waals surface area (Å²) in [6.07, 6.45) is 1.06. The average Bonchev–Trinajstić information content (AvgIpc) is 2.00. The van der Waals surface area contributed by atoms with Crippen LogP contribution in [-0.2, 0) is 10.8 Å². The highest BCUT2D eigenvalue weighted by Crippen LogP contribution is 2.03.